The summed E-state index contributed by atoms with van der Waals surface area (Å²) < 4.78 is 23.1. The predicted molar refractivity (Wildman–Crippen MR) is 105 cm³/mol. The molecule has 0 aromatic carbocycles. The van der Waals surface area contributed by atoms with Crippen molar-refractivity contribution in [2.24, 2.45) is 4.99 Å². The third kappa shape index (κ3) is 5.09. The van der Waals surface area contributed by atoms with Crippen molar-refractivity contribution in [3.63, 3.8) is 0 Å². The summed E-state index contributed by atoms with van der Waals surface area (Å²) in [6, 6.07) is 5.68. The fourth-order valence-corrected chi connectivity index (χ4v) is 2.30. The van der Waals surface area contributed by atoms with Crippen LogP contribution in [-0.4, -0.2) is 39.6 Å². The van der Waals surface area contributed by atoms with Crippen molar-refractivity contribution in [3.05, 3.63) is 30.1 Å². The molecule has 0 unspecified atom stereocenters. The Morgan fingerprint density at radius 3 is 2.56 bits per heavy atom. The van der Waals surface area contributed by atoms with Gasteiger partial charge in [-0.2, -0.15) is 0 Å². The molecule has 3 heterocycles. The smallest absolute Gasteiger partial charge is 0.238 e. The number of hydrogen-bond acceptors (Lipinski definition) is 5. The summed E-state index contributed by atoms with van der Waals surface area (Å²) in [5, 5.41) is 4.11. The zero-order valence-corrected chi connectivity index (χ0v) is 15.7. The number of nitrogens with two attached hydrogens (primary N) is 1. The first-order valence-electron chi connectivity index (χ1n) is 8.40. The van der Waals surface area contributed by atoms with Gasteiger partial charge in [0.1, 0.15) is 7.85 Å². The van der Waals surface area contributed by atoms with E-state index in [9.17, 15) is 8.78 Å². The van der Waals surface area contributed by atoms with Crippen LogP contribution in [0, 0.1) is 6.92 Å². The molecule has 0 fully saturated rings. The summed E-state index contributed by atoms with van der Waals surface area (Å²) in [6.45, 7) is 7.29. The van der Waals surface area contributed by atoms with Gasteiger partial charge < -0.3 is 5.73 Å². The fraction of sp³-hybridized carbons (Fsp3) is 0.333. The van der Waals surface area contributed by atoms with Gasteiger partial charge in [0.2, 0.25) is 12.4 Å². The number of nitrogens with zero attached hydrogens (tertiary/aromatic N) is 5. The largest absolute Gasteiger partial charge is 0.367 e. The first-order valence-corrected chi connectivity index (χ1v) is 8.40. The average Bonchev–Trinajstić information content (AvgIpc) is 2.93. The predicted octanol–water partition coefficient (Wildman–Crippen LogP) is 3.25. The number of anilines is 1. The SMILES string of the molecule is CCC(F)F.[B]c1cc(-c2ccc(N=C(C)C)c(C)n2)c2cnc(N)nn12. The van der Waals surface area contributed by atoms with Crippen molar-refractivity contribution in [3.8, 4) is 11.3 Å². The lowest BCUT2D eigenvalue weighted by Gasteiger charge is -2.05. The van der Waals surface area contributed by atoms with Gasteiger partial charge in [-0.3, -0.25) is 9.98 Å². The van der Waals surface area contributed by atoms with Crippen LogP contribution < -0.4 is 11.3 Å². The Morgan fingerprint density at radius 2 is 2.00 bits per heavy atom. The van der Waals surface area contributed by atoms with Gasteiger partial charge >= 0.3 is 0 Å². The Morgan fingerprint density at radius 1 is 1.33 bits per heavy atom. The lowest BCUT2D eigenvalue weighted by atomic mass is 10.0. The van der Waals surface area contributed by atoms with Gasteiger partial charge in [0, 0.05) is 17.7 Å². The van der Waals surface area contributed by atoms with E-state index in [1.54, 1.807) is 10.7 Å². The van der Waals surface area contributed by atoms with Crippen LogP contribution in [0.1, 0.15) is 32.9 Å². The maximum Gasteiger partial charge on any atom is 0.238 e. The van der Waals surface area contributed by atoms with Gasteiger partial charge in [-0.25, -0.2) is 18.3 Å². The fourth-order valence-electron chi connectivity index (χ4n) is 2.30. The van der Waals surface area contributed by atoms with E-state index in [0.717, 1.165) is 33.9 Å². The van der Waals surface area contributed by atoms with E-state index in [1.165, 1.54) is 6.92 Å². The van der Waals surface area contributed by atoms with Gasteiger partial charge in [-0.15, -0.1) is 5.10 Å². The monoisotopic (exact) mass is 370 g/mol. The van der Waals surface area contributed by atoms with Crippen LogP contribution in [0.25, 0.3) is 16.8 Å². The number of hydrogen-bond donors (Lipinski definition) is 1. The molecule has 2 N–H and O–H groups in total. The summed E-state index contributed by atoms with van der Waals surface area (Å²) in [5.74, 6) is 0.175. The second kappa shape index (κ2) is 8.70. The van der Waals surface area contributed by atoms with Crippen LogP contribution in [-0.2, 0) is 0 Å². The van der Waals surface area contributed by atoms with Crippen LogP contribution in [0.4, 0.5) is 20.4 Å². The summed E-state index contributed by atoms with van der Waals surface area (Å²) in [7, 11) is 5.98. The Kier molecular flexibility index (Phi) is 6.60. The number of fused-ring (bicyclic) bond motifs is 1. The average molecular weight is 370 g/mol. The van der Waals surface area contributed by atoms with Crippen molar-refractivity contribution >= 4 is 36.3 Å². The Bertz CT molecular complexity index is 964. The van der Waals surface area contributed by atoms with Gasteiger partial charge in [-0.05, 0) is 44.6 Å². The van der Waals surface area contributed by atoms with Crippen LogP contribution in [0.15, 0.2) is 29.4 Å². The van der Waals surface area contributed by atoms with E-state index in [0.29, 0.717) is 5.59 Å². The molecule has 3 rings (SSSR count). The maximum atomic E-state index is 10.8. The number of aryl methyl sites for hydroxylation is 1. The highest BCUT2D eigenvalue weighted by molar-refractivity contribution is 6.32. The number of pyridine rings is 1. The molecule has 6 nitrogen and oxygen atoms in total. The van der Waals surface area contributed by atoms with E-state index < -0.39 is 6.43 Å². The molecule has 0 aliphatic carbocycles. The standard InChI is InChI=1S/C15H15BN6.C3H6F2/c1-8(2)19-11-4-5-12(20-9(11)3)10-6-14(16)22-13(10)7-18-15(17)21-22;1-2-3(4)5/h4-7H,1-3H3,(H2,17,21);3H,2H2,1H3. The molecule has 27 heavy (non-hydrogen) atoms. The summed E-state index contributed by atoms with van der Waals surface area (Å²) >= 11 is 0. The highest BCUT2D eigenvalue weighted by Gasteiger charge is 2.12. The molecular weight excluding hydrogens is 349 g/mol. The maximum absolute atomic E-state index is 10.8. The zero-order chi connectivity index (χ0) is 20.1. The summed E-state index contributed by atoms with van der Waals surface area (Å²) in [5.41, 5.74) is 11.2. The molecule has 140 valence electrons. The second-order valence-electron chi connectivity index (χ2n) is 6.06. The molecule has 0 saturated heterocycles. The summed E-state index contributed by atoms with van der Waals surface area (Å²) in [4.78, 5) is 13.1. The second-order valence-corrected chi connectivity index (χ2v) is 6.06. The molecule has 3 aromatic rings. The lowest BCUT2D eigenvalue weighted by Crippen LogP contribution is -2.13. The van der Waals surface area contributed by atoms with E-state index in [4.69, 9.17) is 13.6 Å². The van der Waals surface area contributed by atoms with Crippen molar-refractivity contribution in [2.75, 3.05) is 5.73 Å². The first-order chi connectivity index (χ1) is 12.7. The quantitative estimate of drug-likeness (QED) is 0.567. The van der Waals surface area contributed by atoms with Gasteiger partial charge in [0.25, 0.3) is 0 Å². The molecule has 9 heteroatoms. The van der Waals surface area contributed by atoms with E-state index in [1.807, 2.05) is 39.0 Å². The minimum Gasteiger partial charge on any atom is -0.367 e. The van der Waals surface area contributed by atoms with Gasteiger partial charge in [0.05, 0.1) is 28.8 Å². The molecule has 0 atom stereocenters. The van der Waals surface area contributed by atoms with Crippen molar-refractivity contribution < 1.29 is 8.78 Å². The number of halogens is 2. The van der Waals surface area contributed by atoms with Crippen LogP contribution in [0.5, 0.6) is 0 Å². The Hall–Kier alpha value is -2.84. The molecular formula is C18H21BF2N6. The Balaban J connectivity index is 0.000000465. The minimum atomic E-state index is -2.12. The number of nitrogen functional groups attached to an aromatic ring is 1. The lowest BCUT2D eigenvalue weighted by molar-refractivity contribution is 0.144. The van der Waals surface area contributed by atoms with Crippen LogP contribution >= 0.6 is 0 Å². The Labute approximate surface area is 158 Å². The molecule has 0 bridgehead atoms. The van der Waals surface area contributed by atoms with Crippen molar-refractivity contribution in [1.29, 1.82) is 0 Å². The van der Waals surface area contributed by atoms with Crippen molar-refractivity contribution in [1.82, 2.24) is 19.6 Å². The first kappa shape index (κ1) is 20.5. The number of rotatable bonds is 3. The van der Waals surface area contributed by atoms with E-state index >= 15 is 0 Å². The number of aromatic nitrogens is 4. The third-order valence-electron chi connectivity index (χ3n) is 3.55. The van der Waals surface area contributed by atoms with Crippen LogP contribution in [0.2, 0.25) is 0 Å². The molecule has 0 spiro atoms. The van der Waals surface area contributed by atoms with Crippen molar-refractivity contribution in [2.45, 2.75) is 40.5 Å². The molecule has 0 amide bonds. The molecule has 2 radical (unpaired) electrons. The number of alkyl halides is 2. The van der Waals surface area contributed by atoms with Crippen LogP contribution in [0.3, 0.4) is 0 Å². The van der Waals surface area contributed by atoms with E-state index in [-0.39, 0.29) is 12.4 Å². The normalized spacial score (nSPS) is 10.6. The van der Waals surface area contributed by atoms with Gasteiger partial charge in [0.15, 0.2) is 0 Å². The zero-order valence-electron chi connectivity index (χ0n) is 15.7. The number of aliphatic imine (C=N–C) groups is 1. The third-order valence-corrected chi connectivity index (χ3v) is 3.55. The molecule has 0 saturated carbocycles. The molecule has 3 aromatic heterocycles. The summed E-state index contributed by atoms with van der Waals surface area (Å²) in [6.07, 6.45) is -0.497. The minimum absolute atomic E-state index is 0.0278. The highest BCUT2D eigenvalue weighted by Crippen LogP contribution is 2.26. The van der Waals surface area contributed by atoms with E-state index in [2.05, 4.69) is 20.1 Å². The molecule has 0 aliphatic heterocycles. The molecule has 0 aliphatic rings. The van der Waals surface area contributed by atoms with Gasteiger partial charge in [-0.1, -0.05) is 6.92 Å². The highest BCUT2D eigenvalue weighted by atomic mass is 19.3. The topological polar surface area (TPSA) is 81.5 Å².